The summed E-state index contributed by atoms with van der Waals surface area (Å²) in [6.07, 6.45) is 0.405. The van der Waals surface area contributed by atoms with E-state index >= 15 is 0 Å². The molecule has 2 rings (SSSR count). The van der Waals surface area contributed by atoms with Gasteiger partial charge in [0.05, 0.1) is 28.8 Å². The summed E-state index contributed by atoms with van der Waals surface area (Å²) in [5.74, 6) is -1.11. The van der Waals surface area contributed by atoms with Crippen LogP contribution in [0.25, 0.3) is 0 Å². The highest BCUT2D eigenvalue weighted by Gasteiger charge is 2.26. The molecule has 1 aromatic carbocycles. The number of hydrogen-bond acceptors (Lipinski definition) is 5. The van der Waals surface area contributed by atoms with Crippen LogP contribution in [0.5, 0.6) is 0 Å². The Morgan fingerprint density at radius 2 is 2.19 bits per heavy atom. The zero-order valence-electron chi connectivity index (χ0n) is 14.7. The Morgan fingerprint density at radius 1 is 1.46 bits per heavy atom. The number of amides is 2. The van der Waals surface area contributed by atoms with Gasteiger partial charge in [-0.3, -0.25) is 9.59 Å². The fourth-order valence-corrected chi connectivity index (χ4v) is 2.89. The van der Waals surface area contributed by atoms with Crippen LogP contribution in [0.1, 0.15) is 36.5 Å². The molecular formula is C18H20ClN3O4. The molecule has 1 aliphatic heterocycles. The number of carbonyl (C=O) groups excluding carboxylic acids is 3. The van der Waals surface area contributed by atoms with Gasteiger partial charge in [-0.1, -0.05) is 11.6 Å². The normalized spacial score (nSPS) is 14.7. The molecule has 1 heterocycles. The minimum Gasteiger partial charge on any atom is -0.449 e. The molecule has 0 aromatic heterocycles. The maximum absolute atomic E-state index is 12.4. The number of carbonyl (C=O) groups is 3. The number of esters is 1. The van der Waals surface area contributed by atoms with Crippen molar-refractivity contribution >= 4 is 35.1 Å². The number of hydrogen-bond donors (Lipinski definition) is 0. The Bertz CT molecular complexity index is 759. The lowest BCUT2D eigenvalue weighted by molar-refractivity contribution is -0.138. The van der Waals surface area contributed by atoms with E-state index in [0.29, 0.717) is 23.7 Å². The van der Waals surface area contributed by atoms with Crippen molar-refractivity contribution in [3.8, 4) is 6.07 Å². The molecule has 0 bridgehead atoms. The highest BCUT2D eigenvalue weighted by molar-refractivity contribution is 6.34. The van der Waals surface area contributed by atoms with Crippen molar-refractivity contribution in [2.75, 3.05) is 25.0 Å². The third kappa shape index (κ3) is 4.52. The van der Waals surface area contributed by atoms with Crippen molar-refractivity contribution in [1.82, 2.24) is 4.90 Å². The maximum Gasteiger partial charge on any atom is 0.338 e. The first-order chi connectivity index (χ1) is 12.3. The van der Waals surface area contributed by atoms with Crippen LogP contribution < -0.4 is 4.90 Å². The molecule has 0 aliphatic carbocycles. The Morgan fingerprint density at radius 3 is 2.81 bits per heavy atom. The van der Waals surface area contributed by atoms with E-state index in [1.54, 1.807) is 11.9 Å². The predicted octanol–water partition coefficient (Wildman–Crippen LogP) is 2.38. The molecule has 1 atom stereocenters. The van der Waals surface area contributed by atoms with Gasteiger partial charge in [-0.05, 0) is 31.5 Å². The van der Waals surface area contributed by atoms with Crippen LogP contribution in [0, 0.1) is 11.3 Å². The van der Waals surface area contributed by atoms with E-state index in [-0.39, 0.29) is 24.4 Å². The summed E-state index contributed by atoms with van der Waals surface area (Å²) in [7, 11) is 1.55. The third-order valence-corrected chi connectivity index (χ3v) is 4.43. The lowest BCUT2D eigenvalue weighted by Gasteiger charge is -2.21. The molecule has 8 heteroatoms. The topological polar surface area (TPSA) is 90.7 Å². The second-order valence-electron chi connectivity index (χ2n) is 6.03. The van der Waals surface area contributed by atoms with Crippen LogP contribution in [0.2, 0.25) is 5.02 Å². The summed E-state index contributed by atoms with van der Waals surface area (Å²) < 4.78 is 5.22. The molecule has 26 heavy (non-hydrogen) atoms. The van der Waals surface area contributed by atoms with Crippen molar-refractivity contribution in [1.29, 1.82) is 5.26 Å². The van der Waals surface area contributed by atoms with Crippen molar-refractivity contribution in [3.05, 3.63) is 28.8 Å². The van der Waals surface area contributed by atoms with E-state index in [1.807, 2.05) is 6.07 Å². The predicted molar refractivity (Wildman–Crippen MR) is 95.8 cm³/mol. The Kier molecular flexibility index (Phi) is 6.58. The van der Waals surface area contributed by atoms with Gasteiger partial charge in [0.25, 0.3) is 5.91 Å². The largest absolute Gasteiger partial charge is 0.449 e. The summed E-state index contributed by atoms with van der Waals surface area (Å²) in [5.41, 5.74) is 0.678. The first-order valence-electron chi connectivity index (χ1n) is 8.28. The highest BCUT2D eigenvalue weighted by atomic mass is 35.5. The van der Waals surface area contributed by atoms with Crippen LogP contribution in [0.3, 0.4) is 0 Å². The number of ether oxygens (including phenoxy) is 1. The van der Waals surface area contributed by atoms with Gasteiger partial charge in [0, 0.05) is 26.6 Å². The van der Waals surface area contributed by atoms with Gasteiger partial charge in [0.1, 0.15) is 0 Å². The fourth-order valence-electron chi connectivity index (χ4n) is 2.67. The van der Waals surface area contributed by atoms with Crippen molar-refractivity contribution in [2.45, 2.75) is 32.3 Å². The van der Waals surface area contributed by atoms with Crippen molar-refractivity contribution in [2.24, 2.45) is 0 Å². The molecule has 0 N–H and O–H groups in total. The number of likely N-dealkylation sites (N-methyl/N-ethyl adjacent to an activating group) is 1. The van der Waals surface area contributed by atoms with E-state index in [4.69, 9.17) is 21.6 Å². The van der Waals surface area contributed by atoms with Gasteiger partial charge in [0.2, 0.25) is 5.91 Å². The lowest BCUT2D eigenvalue weighted by Crippen LogP contribution is -2.37. The van der Waals surface area contributed by atoms with Gasteiger partial charge in [0.15, 0.2) is 6.10 Å². The van der Waals surface area contributed by atoms with Gasteiger partial charge in [-0.15, -0.1) is 0 Å². The fraction of sp³-hybridized carbons (Fsp3) is 0.444. The Hall–Kier alpha value is -2.59. The van der Waals surface area contributed by atoms with E-state index in [1.165, 1.54) is 30.0 Å². The molecule has 0 radical (unpaired) electrons. The van der Waals surface area contributed by atoms with E-state index in [2.05, 4.69) is 0 Å². The lowest BCUT2D eigenvalue weighted by atomic mass is 10.2. The van der Waals surface area contributed by atoms with E-state index in [0.717, 1.165) is 6.42 Å². The van der Waals surface area contributed by atoms with Crippen LogP contribution in [-0.4, -0.2) is 48.9 Å². The minimum absolute atomic E-state index is 0.0416. The molecule has 0 spiro atoms. The first-order valence-corrected chi connectivity index (χ1v) is 8.65. The number of nitriles is 1. The first kappa shape index (κ1) is 19.7. The van der Waals surface area contributed by atoms with E-state index in [9.17, 15) is 14.4 Å². The van der Waals surface area contributed by atoms with Crippen LogP contribution in [0.15, 0.2) is 18.2 Å². The number of halogens is 1. The molecule has 0 unspecified atom stereocenters. The average Bonchev–Trinajstić information content (AvgIpc) is 3.04. The second kappa shape index (κ2) is 8.68. The van der Waals surface area contributed by atoms with Crippen LogP contribution >= 0.6 is 11.6 Å². The molecular weight excluding hydrogens is 358 g/mol. The minimum atomic E-state index is -0.987. The monoisotopic (exact) mass is 377 g/mol. The molecule has 1 saturated heterocycles. The maximum atomic E-state index is 12.4. The zero-order chi connectivity index (χ0) is 19.3. The summed E-state index contributed by atoms with van der Waals surface area (Å²) in [6.45, 7) is 2.29. The summed E-state index contributed by atoms with van der Waals surface area (Å²) in [4.78, 5) is 39.3. The molecule has 0 saturated carbocycles. The standard InChI is InChI=1S/C18H20ClN3O4/c1-12(17(24)21(2)9-4-8-20)26-18(25)13-6-7-14(19)15(11-13)22-10-3-5-16(22)23/h6-7,11-12H,3-5,9-10H2,1-2H3/t12-/m0/s1. The average molecular weight is 378 g/mol. The molecule has 1 fully saturated rings. The molecule has 2 amide bonds. The van der Waals surface area contributed by atoms with Crippen molar-refractivity contribution < 1.29 is 19.1 Å². The van der Waals surface area contributed by atoms with Gasteiger partial charge in [-0.25, -0.2) is 4.79 Å². The summed E-state index contributed by atoms with van der Waals surface area (Å²) in [5, 5.41) is 8.95. The quantitative estimate of drug-likeness (QED) is 0.710. The number of anilines is 1. The van der Waals surface area contributed by atoms with E-state index < -0.39 is 18.0 Å². The molecule has 1 aliphatic rings. The molecule has 138 valence electrons. The smallest absolute Gasteiger partial charge is 0.338 e. The number of benzene rings is 1. The SMILES string of the molecule is C[C@H](OC(=O)c1ccc(Cl)c(N2CCCC2=O)c1)C(=O)N(C)CCC#N. The molecule has 1 aromatic rings. The van der Waals surface area contributed by atoms with Crippen LogP contribution in [0.4, 0.5) is 5.69 Å². The Labute approximate surface area is 157 Å². The highest BCUT2D eigenvalue weighted by Crippen LogP contribution is 2.30. The van der Waals surface area contributed by atoms with Gasteiger partial charge >= 0.3 is 5.97 Å². The summed E-state index contributed by atoms with van der Waals surface area (Å²) >= 11 is 6.16. The molecule has 7 nitrogen and oxygen atoms in total. The number of nitrogens with zero attached hydrogens (tertiary/aromatic N) is 3. The third-order valence-electron chi connectivity index (χ3n) is 4.11. The summed E-state index contributed by atoms with van der Waals surface area (Å²) in [6, 6.07) is 6.48. The number of rotatable bonds is 6. The Balaban J connectivity index is 2.09. The zero-order valence-corrected chi connectivity index (χ0v) is 15.5. The van der Waals surface area contributed by atoms with Crippen molar-refractivity contribution in [3.63, 3.8) is 0 Å². The van der Waals surface area contributed by atoms with Gasteiger partial charge in [-0.2, -0.15) is 5.26 Å². The van der Waals surface area contributed by atoms with Crippen LogP contribution in [-0.2, 0) is 14.3 Å². The van der Waals surface area contributed by atoms with Gasteiger partial charge < -0.3 is 14.5 Å². The second-order valence-corrected chi connectivity index (χ2v) is 6.44.